The average Bonchev–Trinajstić information content (AvgIpc) is 1.82. The number of hydrogen-bond acceptors (Lipinski definition) is 2. The van der Waals surface area contributed by atoms with Crippen molar-refractivity contribution in [2.45, 2.75) is 32.4 Å². The molecule has 0 saturated carbocycles. The Bertz CT molecular complexity index is 224. The molecule has 0 aromatic rings. The minimum Gasteiger partial charge on any atom is -0.663 e. The summed E-state index contributed by atoms with van der Waals surface area (Å²) < 4.78 is 25.0. The van der Waals surface area contributed by atoms with Crippen molar-refractivity contribution in [1.82, 2.24) is 0 Å². The van der Waals surface area contributed by atoms with Crippen LogP contribution in [0.15, 0.2) is 0 Å². The maximum atomic E-state index is 10.7. The molecule has 2 unspecified atom stereocenters. The van der Waals surface area contributed by atoms with Crippen molar-refractivity contribution < 1.29 is 60.6 Å². The van der Waals surface area contributed by atoms with Gasteiger partial charge in [0.25, 0.3) is 0 Å². The van der Waals surface area contributed by atoms with Crippen molar-refractivity contribution in [3.63, 3.8) is 0 Å². The van der Waals surface area contributed by atoms with Crippen LogP contribution < -0.4 is 0 Å². The summed E-state index contributed by atoms with van der Waals surface area (Å²) in [5.74, 6) is 0. The van der Waals surface area contributed by atoms with E-state index in [9.17, 15) is 8.42 Å². The van der Waals surface area contributed by atoms with Gasteiger partial charge in [0, 0.05) is 39.0 Å². The molecule has 0 aliphatic rings. The van der Waals surface area contributed by atoms with Crippen LogP contribution in [0.3, 0.4) is 0 Å². The standard InChI is InChI=1S/C7H16N2O2S.Ru.Y/c1-6(8-3)5-7(2)9-12(4,10)11;;/h6-7H,5H2,1-4H3;;/q-2;+2;. The van der Waals surface area contributed by atoms with E-state index in [-0.39, 0.29) is 64.3 Å². The van der Waals surface area contributed by atoms with E-state index < -0.39 is 10.0 Å². The topological polar surface area (TPSA) is 62.3 Å². The first-order valence-corrected chi connectivity index (χ1v) is 5.71. The van der Waals surface area contributed by atoms with Crippen molar-refractivity contribution in [2.75, 3.05) is 13.3 Å². The van der Waals surface area contributed by atoms with Gasteiger partial charge in [-0.2, -0.15) is 7.05 Å². The van der Waals surface area contributed by atoms with Crippen LogP contribution in [0.4, 0.5) is 0 Å². The summed E-state index contributed by atoms with van der Waals surface area (Å²) in [6, 6.07) is 0.00389. The molecule has 0 N–H and O–H groups in total. The van der Waals surface area contributed by atoms with Gasteiger partial charge in [-0.25, -0.2) is 8.42 Å². The molecule has 0 aliphatic heterocycles. The van der Waals surface area contributed by atoms with Crippen LogP contribution in [-0.4, -0.2) is 33.8 Å². The van der Waals surface area contributed by atoms with Crippen LogP contribution in [0, 0.1) is 0 Å². The van der Waals surface area contributed by atoms with Gasteiger partial charge in [0.1, 0.15) is 0 Å². The molecule has 4 nitrogen and oxygen atoms in total. The maximum Gasteiger partial charge on any atom is 2.00 e. The fourth-order valence-corrected chi connectivity index (χ4v) is 1.71. The van der Waals surface area contributed by atoms with Crippen molar-refractivity contribution in [3.05, 3.63) is 10.0 Å². The van der Waals surface area contributed by atoms with E-state index in [2.05, 4.69) is 10.0 Å². The third-order valence-corrected chi connectivity index (χ3v) is 2.24. The molecular formula is C7H16N2O2RuSY. The predicted octanol–water partition coefficient (Wildman–Crippen LogP) is 1.49. The Morgan fingerprint density at radius 3 is 1.93 bits per heavy atom. The molecule has 0 bridgehead atoms. The molecule has 0 spiro atoms. The van der Waals surface area contributed by atoms with Gasteiger partial charge in [-0.1, -0.05) is 20.3 Å². The molecule has 0 rings (SSSR count). The van der Waals surface area contributed by atoms with Gasteiger partial charge in [-0.15, -0.1) is 12.1 Å². The van der Waals surface area contributed by atoms with Crippen LogP contribution in [0.25, 0.3) is 10.0 Å². The second kappa shape index (κ2) is 9.80. The third kappa shape index (κ3) is 13.6. The van der Waals surface area contributed by atoms with E-state index in [1.807, 2.05) is 6.92 Å². The molecule has 0 fully saturated rings. The van der Waals surface area contributed by atoms with Crippen LogP contribution in [0.1, 0.15) is 20.3 Å². The molecule has 0 amide bonds. The van der Waals surface area contributed by atoms with Gasteiger partial charge in [0.05, 0.1) is 10.0 Å². The number of sulfonamides is 1. The average molecular weight is 382 g/mol. The molecule has 7 heteroatoms. The van der Waals surface area contributed by atoms with Gasteiger partial charge in [-0.05, 0) is 0 Å². The summed E-state index contributed by atoms with van der Waals surface area (Å²) in [6.07, 6.45) is 1.79. The van der Waals surface area contributed by atoms with Crippen molar-refractivity contribution >= 4 is 10.0 Å². The van der Waals surface area contributed by atoms with Gasteiger partial charge in [0.15, 0.2) is 0 Å². The first kappa shape index (κ1) is 20.9. The largest absolute Gasteiger partial charge is 2.00 e. The van der Waals surface area contributed by atoms with Crippen LogP contribution in [-0.2, 0) is 62.2 Å². The molecule has 0 aliphatic carbocycles. The van der Waals surface area contributed by atoms with E-state index in [1.165, 1.54) is 0 Å². The first-order valence-electron chi connectivity index (χ1n) is 3.86. The summed E-state index contributed by atoms with van der Waals surface area (Å²) >= 11 is 0. The summed E-state index contributed by atoms with van der Waals surface area (Å²) in [5, 5.41) is 4.00. The molecule has 0 aromatic heterocycles. The second-order valence-electron chi connectivity index (χ2n) is 3.03. The molecule has 0 saturated heterocycles. The number of hydrogen-bond donors (Lipinski definition) is 0. The molecular weight excluding hydrogens is 366 g/mol. The fraction of sp³-hybridized carbons (Fsp3) is 1.00. The van der Waals surface area contributed by atoms with Crippen LogP contribution >= 0.6 is 0 Å². The molecule has 1 radical (unpaired) electrons. The smallest absolute Gasteiger partial charge is 0.663 e. The molecule has 14 heavy (non-hydrogen) atoms. The minimum atomic E-state index is -3.19. The molecule has 2 atom stereocenters. The van der Waals surface area contributed by atoms with Crippen molar-refractivity contribution in [2.24, 2.45) is 0 Å². The fourth-order valence-electron chi connectivity index (χ4n) is 0.969. The SMILES string of the molecule is C[N-]C(C)CC(C)[N-]S(C)(=O)=O.[Ru+2].[Y]. The van der Waals surface area contributed by atoms with E-state index in [1.54, 1.807) is 14.0 Å². The monoisotopic (exact) mass is 383 g/mol. The van der Waals surface area contributed by atoms with E-state index >= 15 is 0 Å². The summed E-state index contributed by atoms with van der Waals surface area (Å²) in [6.45, 7) is 3.72. The quantitative estimate of drug-likeness (QED) is 0.677. The van der Waals surface area contributed by atoms with E-state index in [0.717, 1.165) is 6.26 Å². The molecule has 83 valence electrons. The molecule has 0 aromatic carbocycles. The Morgan fingerprint density at radius 2 is 1.64 bits per heavy atom. The zero-order valence-electron chi connectivity index (χ0n) is 8.91. The van der Waals surface area contributed by atoms with Gasteiger partial charge >= 0.3 is 19.5 Å². The minimum absolute atomic E-state index is 0. The Morgan fingerprint density at radius 1 is 1.21 bits per heavy atom. The summed E-state index contributed by atoms with van der Waals surface area (Å²) in [7, 11) is -1.47. The first-order chi connectivity index (χ1) is 5.35. The normalized spacial score (nSPS) is 14.9. The number of rotatable bonds is 5. The predicted molar refractivity (Wildman–Crippen MR) is 51.0 cm³/mol. The van der Waals surface area contributed by atoms with Gasteiger partial charge < -0.3 is 10.0 Å². The van der Waals surface area contributed by atoms with Gasteiger partial charge in [0.2, 0.25) is 0 Å². The third-order valence-electron chi connectivity index (χ3n) is 1.49. The van der Waals surface area contributed by atoms with E-state index in [4.69, 9.17) is 0 Å². The van der Waals surface area contributed by atoms with Gasteiger partial charge in [-0.3, -0.25) is 0 Å². The Hall–Kier alpha value is 1.60. The molecule has 0 heterocycles. The number of nitrogens with zero attached hydrogens (tertiary/aromatic N) is 2. The summed E-state index contributed by atoms with van der Waals surface area (Å²) in [5.41, 5.74) is 0. The Kier molecular flexibility index (Phi) is 14.7. The Balaban J connectivity index is -0.000000605. The van der Waals surface area contributed by atoms with Crippen molar-refractivity contribution in [3.8, 4) is 0 Å². The zero-order valence-corrected chi connectivity index (χ0v) is 14.3. The van der Waals surface area contributed by atoms with Crippen LogP contribution in [0.5, 0.6) is 0 Å². The Labute approximate surface area is 125 Å². The zero-order chi connectivity index (χ0) is 9.78. The van der Waals surface area contributed by atoms with Crippen molar-refractivity contribution in [1.29, 1.82) is 0 Å². The summed E-state index contributed by atoms with van der Waals surface area (Å²) in [4.78, 5) is 0. The second-order valence-corrected chi connectivity index (χ2v) is 4.71. The van der Waals surface area contributed by atoms with Crippen LogP contribution in [0.2, 0.25) is 0 Å². The maximum absolute atomic E-state index is 10.7. The van der Waals surface area contributed by atoms with E-state index in [0.29, 0.717) is 6.42 Å².